The maximum atomic E-state index is 11.0. The molecule has 2 rings (SSSR count). The molecule has 1 unspecified atom stereocenters. The Bertz CT molecular complexity index is 472. The Hall–Kier alpha value is -1.10. The molecule has 4 nitrogen and oxygen atoms in total. The van der Waals surface area contributed by atoms with Crippen molar-refractivity contribution in [2.45, 2.75) is 25.8 Å². The predicted molar refractivity (Wildman–Crippen MR) is 86.2 cm³/mol. The number of rotatable bonds is 5. The molecule has 1 aliphatic heterocycles. The highest BCUT2D eigenvalue weighted by Gasteiger charge is 2.26. The smallest absolute Gasteiger partial charge is 0.216 e. The largest absolute Gasteiger partial charge is 0.356 e. The fraction of sp³-hybridized carbons (Fsp3) is 0.562. The van der Waals surface area contributed by atoms with E-state index in [1.165, 1.54) is 0 Å². The summed E-state index contributed by atoms with van der Waals surface area (Å²) in [5.74, 6) is 0.614. The predicted octanol–water partition coefficient (Wildman–Crippen LogP) is 2.19. The number of piperidine rings is 1. The minimum Gasteiger partial charge on any atom is -0.356 e. The number of nitrogens with two attached hydrogens (primary N) is 1. The van der Waals surface area contributed by atoms with E-state index in [0.717, 1.165) is 43.1 Å². The Morgan fingerprint density at radius 3 is 2.67 bits per heavy atom. The lowest BCUT2D eigenvalue weighted by Gasteiger charge is -2.37. The minimum absolute atomic E-state index is 0.0494. The van der Waals surface area contributed by atoms with Gasteiger partial charge in [-0.2, -0.15) is 0 Å². The fourth-order valence-electron chi connectivity index (χ4n) is 2.97. The van der Waals surface area contributed by atoms with E-state index < -0.39 is 0 Å². The summed E-state index contributed by atoms with van der Waals surface area (Å²) in [5.41, 5.74) is 7.09. The molecule has 0 bridgehead atoms. The molecule has 116 valence electrons. The number of hydrogen-bond donors (Lipinski definition) is 2. The van der Waals surface area contributed by atoms with Gasteiger partial charge in [-0.25, -0.2) is 0 Å². The van der Waals surface area contributed by atoms with Gasteiger partial charge in [0.25, 0.3) is 0 Å². The number of carbonyl (C=O) groups is 1. The Morgan fingerprint density at radius 1 is 1.43 bits per heavy atom. The van der Waals surface area contributed by atoms with E-state index >= 15 is 0 Å². The minimum atomic E-state index is 0.0494. The van der Waals surface area contributed by atoms with Gasteiger partial charge < -0.3 is 11.1 Å². The van der Waals surface area contributed by atoms with E-state index in [4.69, 9.17) is 17.3 Å². The van der Waals surface area contributed by atoms with Crippen molar-refractivity contribution in [1.82, 2.24) is 10.2 Å². The summed E-state index contributed by atoms with van der Waals surface area (Å²) >= 11 is 6.30. The first-order valence-electron chi connectivity index (χ1n) is 7.54. The lowest BCUT2D eigenvalue weighted by atomic mass is 9.94. The highest BCUT2D eigenvalue weighted by atomic mass is 35.5. The van der Waals surface area contributed by atoms with Crippen LogP contribution < -0.4 is 11.1 Å². The van der Waals surface area contributed by atoms with Gasteiger partial charge in [-0.3, -0.25) is 9.69 Å². The normalized spacial score (nSPS) is 18.4. The number of halogens is 1. The lowest BCUT2D eigenvalue weighted by molar-refractivity contribution is -0.119. The van der Waals surface area contributed by atoms with Crippen LogP contribution in [-0.2, 0) is 4.79 Å². The number of nitrogens with one attached hydrogen (secondary N) is 1. The number of nitrogens with zero attached hydrogens (tertiary/aromatic N) is 1. The molecule has 1 aromatic rings. The zero-order valence-corrected chi connectivity index (χ0v) is 13.3. The van der Waals surface area contributed by atoms with Crippen LogP contribution in [0.5, 0.6) is 0 Å². The molecule has 1 saturated heterocycles. The second-order valence-corrected chi connectivity index (χ2v) is 6.10. The van der Waals surface area contributed by atoms with Crippen LogP contribution in [0, 0.1) is 5.92 Å². The Morgan fingerprint density at radius 2 is 2.10 bits per heavy atom. The van der Waals surface area contributed by atoms with Gasteiger partial charge >= 0.3 is 0 Å². The molecule has 0 aromatic heterocycles. The molecule has 1 fully saturated rings. The fourth-order valence-corrected chi connectivity index (χ4v) is 3.24. The summed E-state index contributed by atoms with van der Waals surface area (Å²) in [7, 11) is 0. The molecule has 1 aromatic carbocycles. The van der Waals surface area contributed by atoms with Gasteiger partial charge in [0.05, 0.1) is 0 Å². The van der Waals surface area contributed by atoms with Crippen molar-refractivity contribution >= 4 is 17.5 Å². The maximum absolute atomic E-state index is 11.0. The van der Waals surface area contributed by atoms with E-state index in [2.05, 4.69) is 16.3 Å². The molecule has 0 radical (unpaired) electrons. The van der Waals surface area contributed by atoms with Crippen molar-refractivity contribution in [3.63, 3.8) is 0 Å². The van der Waals surface area contributed by atoms with Crippen LogP contribution in [0.4, 0.5) is 0 Å². The lowest BCUT2D eigenvalue weighted by Crippen LogP contribution is -2.42. The summed E-state index contributed by atoms with van der Waals surface area (Å²) in [6.07, 6.45) is 2.17. The third-order valence-corrected chi connectivity index (χ3v) is 4.56. The molecule has 0 spiro atoms. The Kier molecular flexibility index (Phi) is 6.03. The number of hydrogen-bond acceptors (Lipinski definition) is 3. The topological polar surface area (TPSA) is 58.4 Å². The summed E-state index contributed by atoms with van der Waals surface area (Å²) in [5, 5.41) is 3.70. The van der Waals surface area contributed by atoms with E-state index in [9.17, 15) is 4.79 Å². The van der Waals surface area contributed by atoms with E-state index in [1.807, 2.05) is 18.2 Å². The summed E-state index contributed by atoms with van der Waals surface area (Å²) in [4.78, 5) is 13.4. The highest BCUT2D eigenvalue weighted by molar-refractivity contribution is 6.31. The van der Waals surface area contributed by atoms with E-state index in [0.29, 0.717) is 12.5 Å². The molecule has 0 saturated carbocycles. The third kappa shape index (κ3) is 4.43. The van der Waals surface area contributed by atoms with Crippen LogP contribution in [0.3, 0.4) is 0 Å². The zero-order chi connectivity index (χ0) is 15.2. The number of carbonyl (C=O) groups excluding carboxylic acids is 1. The first-order chi connectivity index (χ1) is 10.1. The van der Waals surface area contributed by atoms with Crippen LogP contribution in [0.1, 0.15) is 31.4 Å². The second-order valence-electron chi connectivity index (χ2n) is 5.69. The molecular weight excluding hydrogens is 286 g/mol. The van der Waals surface area contributed by atoms with Crippen molar-refractivity contribution in [2.24, 2.45) is 11.7 Å². The molecule has 1 atom stereocenters. The average Bonchev–Trinajstić information content (AvgIpc) is 2.49. The molecular formula is C16H24ClN3O. The van der Waals surface area contributed by atoms with Gasteiger partial charge in [0, 0.05) is 31.1 Å². The molecule has 21 heavy (non-hydrogen) atoms. The van der Waals surface area contributed by atoms with Crippen molar-refractivity contribution in [3.8, 4) is 0 Å². The van der Waals surface area contributed by atoms with Crippen LogP contribution in [0.25, 0.3) is 0 Å². The van der Waals surface area contributed by atoms with Gasteiger partial charge in [-0.05, 0) is 43.5 Å². The van der Waals surface area contributed by atoms with Crippen molar-refractivity contribution < 1.29 is 4.79 Å². The molecule has 1 amide bonds. The summed E-state index contributed by atoms with van der Waals surface area (Å²) in [6, 6.07) is 8.11. The second kappa shape index (κ2) is 7.78. The van der Waals surface area contributed by atoms with Gasteiger partial charge in [0.1, 0.15) is 0 Å². The molecule has 1 heterocycles. The van der Waals surface area contributed by atoms with Crippen molar-refractivity contribution in [2.75, 3.05) is 26.2 Å². The van der Waals surface area contributed by atoms with Gasteiger partial charge in [-0.15, -0.1) is 0 Å². The molecule has 3 N–H and O–H groups in total. The Balaban J connectivity index is 1.94. The summed E-state index contributed by atoms with van der Waals surface area (Å²) < 4.78 is 0. The first kappa shape index (κ1) is 16.3. The number of amides is 1. The Labute approximate surface area is 131 Å². The maximum Gasteiger partial charge on any atom is 0.216 e. The highest BCUT2D eigenvalue weighted by Crippen LogP contribution is 2.30. The summed E-state index contributed by atoms with van der Waals surface area (Å²) in [6.45, 7) is 4.91. The SMILES string of the molecule is CC(=O)NCC1CCN(C(CN)c2ccccc2Cl)CC1. The number of benzene rings is 1. The first-order valence-corrected chi connectivity index (χ1v) is 7.92. The van der Waals surface area contributed by atoms with Crippen molar-refractivity contribution in [1.29, 1.82) is 0 Å². The monoisotopic (exact) mass is 309 g/mol. The van der Waals surface area contributed by atoms with Crippen LogP contribution >= 0.6 is 11.6 Å². The van der Waals surface area contributed by atoms with Gasteiger partial charge in [0.2, 0.25) is 5.91 Å². The zero-order valence-electron chi connectivity index (χ0n) is 12.5. The molecule has 5 heteroatoms. The third-order valence-electron chi connectivity index (χ3n) is 4.22. The van der Waals surface area contributed by atoms with E-state index in [-0.39, 0.29) is 11.9 Å². The quantitative estimate of drug-likeness (QED) is 0.876. The van der Waals surface area contributed by atoms with Crippen LogP contribution in [0.15, 0.2) is 24.3 Å². The average molecular weight is 310 g/mol. The standard InChI is InChI=1S/C16H24ClN3O/c1-12(21)19-11-13-6-8-20(9-7-13)16(10-18)14-4-2-3-5-15(14)17/h2-5,13,16H,6-11,18H2,1H3,(H,19,21). The molecule has 0 aliphatic carbocycles. The van der Waals surface area contributed by atoms with E-state index in [1.54, 1.807) is 6.92 Å². The van der Waals surface area contributed by atoms with Gasteiger partial charge in [0.15, 0.2) is 0 Å². The van der Waals surface area contributed by atoms with Gasteiger partial charge in [-0.1, -0.05) is 29.8 Å². The van der Waals surface area contributed by atoms with Crippen LogP contribution in [0.2, 0.25) is 5.02 Å². The van der Waals surface area contributed by atoms with Crippen molar-refractivity contribution in [3.05, 3.63) is 34.9 Å². The molecule has 1 aliphatic rings. The number of likely N-dealkylation sites (tertiary alicyclic amines) is 1. The van der Waals surface area contributed by atoms with Crippen LogP contribution in [-0.4, -0.2) is 37.0 Å².